The molecule has 1 aliphatic rings. The summed E-state index contributed by atoms with van der Waals surface area (Å²) in [5.74, 6) is 0.182. The van der Waals surface area contributed by atoms with Crippen molar-refractivity contribution < 1.29 is 19.0 Å². The number of carbonyl (C=O) groups excluding carboxylic acids is 1. The Hall–Kier alpha value is -1.50. The number of esters is 1. The van der Waals surface area contributed by atoms with Crippen LogP contribution in [0.15, 0.2) is 36.4 Å². The normalized spacial score (nSPS) is 14.7. The zero-order valence-electron chi connectivity index (χ0n) is 15.6. The molecule has 1 saturated heterocycles. The summed E-state index contributed by atoms with van der Waals surface area (Å²) in [6.07, 6.45) is 0.400. The van der Waals surface area contributed by atoms with Gasteiger partial charge in [-0.05, 0) is 37.6 Å². The van der Waals surface area contributed by atoms with Crippen LogP contribution < -0.4 is 5.32 Å². The highest BCUT2D eigenvalue weighted by Gasteiger charge is 2.19. The van der Waals surface area contributed by atoms with Crippen molar-refractivity contribution in [2.75, 3.05) is 31.2 Å². The van der Waals surface area contributed by atoms with Gasteiger partial charge in [0.1, 0.15) is 0 Å². The molecular formula is C20H22Cl3NO4. The third-order valence-electron chi connectivity index (χ3n) is 3.74. The largest absolute Gasteiger partial charge is 0.435 e. The van der Waals surface area contributed by atoms with E-state index in [-0.39, 0.29) is 6.79 Å². The van der Waals surface area contributed by atoms with Crippen molar-refractivity contribution in [2.24, 2.45) is 0 Å². The zero-order valence-corrected chi connectivity index (χ0v) is 17.9. The molecule has 1 unspecified atom stereocenters. The topological polar surface area (TPSA) is 60.1 Å². The van der Waals surface area contributed by atoms with E-state index < -0.39 is 5.97 Å². The van der Waals surface area contributed by atoms with Gasteiger partial charge in [-0.3, -0.25) is 0 Å². The fourth-order valence-corrected chi connectivity index (χ4v) is 2.73. The van der Waals surface area contributed by atoms with Crippen molar-refractivity contribution in [2.45, 2.75) is 20.0 Å². The van der Waals surface area contributed by atoms with Crippen molar-refractivity contribution in [3.63, 3.8) is 0 Å². The van der Waals surface area contributed by atoms with Gasteiger partial charge in [0.2, 0.25) is 0 Å². The Bertz CT molecular complexity index is 797. The summed E-state index contributed by atoms with van der Waals surface area (Å²) in [5.41, 5.74) is 2.37. The second kappa shape index (κ2) is 11.5. The van der Waals surface area contributed by atoms with Gasteiger partial charge in [0.15, 0.2) is 6.79 Å². The van der Waals surface area contributed by atoms with Gasteiger partial charge >= 0.3 is 5.97 Å². The van der Waals surface area contributed by atoms with Gasteiger partial charge < -0.3 is 19.5 Å². The van der Waals surface area contributed by atoms with E-state index in [1.165, 1.54) is 0 Å². The molecule has 1 heterocycles. The van der Waals surface area contributed by atoms with Crippen LogP contribution in [-0.4, -0.2) is 38.0 Å². The molecule has 28 heavy (non-hydrogen) atoms. The maximum atomic E-state index is 12.2. The molecule has 0 bridgehead atoms. The lowest BCUT2D eigenvalue weighted by molar-refractivity contribution is -0.0273. The minimum Gasteiger partial charge on any atom is -0.435 e. The number of ether oxygens (including phenoxy) is 3. The maximum absolute atomic E-state index is 12.2. The predicted molar refractivity (Wildman–Crippen MR) is 113 cm³/mol. The van der Waals surface area contributed by atoms with E-state index in [1.807, 2.05) is 19.9 Å². The Labute approximate surface area is 179 Å². The summed E-state index contributed by atoms with van der Waals surface area (Å²) in [6.45, 7) is 4.97. The monoisotopic (exact) mass is 445 g/mol. The number of benzene rings is 2. The number of rotatable bonds is 7. The first kappa shape index (κ1) is 22.8. The highest BCUT2D eigenvalue weighted by atomic mass is 35.5. The quantitative estimate of drug-likeness (QED) is 0.191. The SMILES string of the molecule is CCOCOC(=O)c1ccccc1Nc1c(Cl)ccc(C)c1Cl.ClCC1CO1. The second-order valence-electron chi connectivity index (χ2n) is 5.88. The molecule has 0 aromatic heterocycles. The lowest BCUT2D eigenvalue weighted by Crippen LogP contribution is -2.11. The minimum absolute atomic E-state index is 0.0877. The summed E-state index contributed by atoms with van der Waals surface area (Å²) in [4.78, 5) is 12.2. The van der Waals surface area contributed by atoms with E-state index in [0.29, 0.717) is 45.6 Å². The molecule has 0 saturated carbocycles. The van der Waals surface area contributed by atoms with Crippen LogP contribution in [0.1, 0.15) is 22.8 Å². The van der Waals surface area contributed by atoms with Crippen LogP contribution in [-0.2, 0) is 14.2 Å². The summed E-state index contributed by atoms with van der Waals surface area (Å²) >= 11 is 17.8. The van der Waals surface area contributed by atoms with Gasteiger partial charge in [-0.2, -0.15) is 0 Å². The van der Waals surface area contributed by atoms with Crippen LogP contribution in [0.5, 0.6) is 0 Å². The summed E-state index contributed by atoms with van der Waals surface area (Å²) in [7, 11) is 0. The third-order valence-corrected chi connectivity index (χ3v) is 4.89. The lowest BCUT2D eigenvalue weighted by Gasteiger charge is -2.15. The Morgan fingerprint density at radius 3 is 2.57 bits per heavy atom. The van der Waals surface area contributed by atoms with Gasteiger partial charge in [0, 0.05) is 6.61 Å². The molecule has 2 aromatic rings. The predicted octanol–water partition coefficient (Wildman–Crippen LogP) is 5.82. The fraction of sp³-hybridized carbons (Fsp3) is 0.350. The molecule has 152 valence electrons. The van der Waals surface area contributed by atoms with Crippen LogP contribution in [0.2, 0.25) is 10.0 Å². The number of epoxide rings is 1. The molecule has 2 aromatic carbocycles. The lowest BCUT2D eigenvalue weighted by atomic mass is 10.1. The van der Waals surface area contributed by atoms with Crippen LogP contribution in [0.3, 0.4) is 0 Å². The molecule has 1 atom stereocenters. The number of carbonyl (C=O) groups is 1. The second-order valence-corrected chi connectivity index (χ2v) is 6.97. The van der Waals surface area contributed by atoms with Crippen molar-refractivity contribution >= 4 is 52.1 Å². The maximum Gasteiger partial charge on any atom is 0.342 e. The van der Waals surface area contributed by atoms with E-state index >= 15 is 0 Å². The number of hydrogen-bond acceptors (Lipinski definition) is 5. The van der Waals surface area contributed by atoms with E-state index in [1.54, 1.807) is 30.3 Å². The standard InChI is InChI=1S/C17H17Cl2NO3.C3H5ClO/c1-3-22-10-23-17(21)12-6-4-5-7-14(12)20-16-13(18)9-8-11(2)15(16)19;4-1-3-2-5-3/h4-9,20H,3,10H2,1-2H3;3H,1-2H2. The first-order valence-electron chi connectivity index (χ1n) is 8.71. The van der Waals surface area contributed by atoms with Gasteiger partial charge in [0.05, 0.1) is 45.6 Å². The van der Waals surface area contributed by atoms with E-state index in [0.717, 1.165) is 12.2 Å². The Morgan fingerprint density at radius 1 is 1.25 bits per heavy atom. The van der Waals surface area contributed by atoms with Crippen LogP contribution in [0, 0.1) is 6.92 Å². The number of para-hydroxylation sites is 1. The van der Waals surface area contributed by atoms with Gasteiger partial charge in [-0.25, -0.2) is 4.79 Å². The van der Waals surface area contributed by atoms with Gasteiger partial charge in [0.25, 0.3) is 0 Å². The smallest absolute Gasteiger partial charge is 0.342 e. The third kappa shape index (κ3) is 6.83. The molecule has 0 spiro atoms. The average molecular weight is 447 g/mol. The van der Waals surface area contributed by atoms with Crippen molar-refractivity contribution in [1.82, 2.24) is 0 Å². The Morgan fingerprint density at radius 2 is 1.96 bits per heavy atom. The highest BCUT2D eigenvalue weighted by Crippen LogP contribution is 2.36. The Balaban J connectivity index is 0.000000485. The Kier molecular flexibility index (Phi) is 9.35. The molecule has 3 rings (SSSR count). The average Bonchev–Trinajstić information content (AvgIpc) is 3.54. The molecule has 0 amide bonds. The van der Waals surface area contributed by atoms with E-state index in [9.17, 15) is 4.79 Å². The molecule has 0 radical (unpaired) electrons. The molecule has 1 fully saturated rings. The number of nitrogens with one attached hydrogen (secondary N) is 1. The zero-order chi connectivity index (χ0) is 20.5. The molecular weight excluding hydrogens is 425 g/mol. The molecule has 5 nitrogen and oxygen atoms in total. The number of halogens is 3. The fourth-order valence-electron chi connectivity index (χ4n) is 2.09. The van der Waals surface area contributed by atoms with Crippen molar-refractivity contribution in [1.29, 1.82) is 0 Å². The number of alkyl halides is 1. The van der Waals surface area contributed by atoms with Crippen LogP contribution in [0.4, 0.5) is 11.4 Å². The van der Waals surface area contributed by atoms with Crippen LogP contribution >= 0.6 is 34.8 Å². The van der Waals surface area contributed by atoms with E-state index in [2.05, 4.69) is 5.32 Å². The van der Waals surface area contributed by atoms with E-state index in [4.69, 9.17) is 49.0 Å². The van der Waals surface area contributed by atoms with Crippen molar-refractivity contribution in [3.8, 4) is 0 Å². The number of hydrogen-bond donors (Lipinski definition) is 1. The van der Waals surface area contributed by atoms with Gasteiger partial charge in [-0.15, -0.1) is 11.6 Å². The molecule has 8 heteroatoms. The first-order valence-corrected chi connectivity index (χ1v) is 10.00. The number of anilines is 2. The molecule has 0 aliphatic carbocycles. The summed E-state index contributed by atoms with van der Waals surface area (Å²) in [6, 6.07) is 10.6. The highest BCUT2D eigenvalue weighted by molar-refractivity contribution is 6.39. The minimum atomic E-state index is -0.485. The van der Waals surface area contributed by atoms with Crippen molar-refractivity contribution in [3.05, 3.63) is 57.6 Å². The van der Waals surface area contributed by atoms with Gasteiger partial charge in [-0.1, -0.05) is 41.4 Å². The van der Waals surface area contributed by atoms with Crippen LogP contribution in [0.25, 0.3) is 0 Å². The first-order chi connectivity index (χ1) is 13.5. The molecule has 1 aliphatic heterocycles. The molecule has 1 N–H and O–H groups in total. The number of aryl methyl sites for hydroxylation is 1. The summed E-state index contributed by atoms with van der Waals surface area (Å²) in [5, 5.41) is 4.10. The summed E-state index contributed by atoms with van der Waals surface area (Å²) < 4.78 is 14.8.